The summed E-state index contributed by atoms with van der Waals surface area (Å²) < 4.78 is 16.6. The van der Waals surface area contributed by atoms with Crippen LogP contribution in [0.4, 0.5) is 0 Å². The van der Waals surface area contributed by atoms with Crippen molar-refractivity contribution in [2.45, 2.75) is 32.4 Å². The lowest BCUT2D eigenvalue weighted by Gasteiger charge is -2.40. The highest BCUT2D eigenvalue weighted by Crippen LogP contribution is 2.38. The molecule has 0 saturated carbocycles. The van der Waals surface area contributed by atoms with Gasteiger partial charge in [-0.15, -0.1) is 0 Å². The first-order chi connectivity index (χ1) is 19.9. The second kappa shape index (κ2) is 13.2. The van der Waals surface area contributed by atoms with E-state index in [9.17, 15) is 9.59 Å². The molecule has 3 aliphatic rings. The Kier molecular flexibility index (Phi) is 9.22. The van der Waals surface area contributed by atoms with Gasteiger partial charge in [0.25, 0.3) is 0 Å². The van der Waals surface area contributed by atoms with Gasteiger partial charge in [-0.25, -0.2) is 0 Å². The van der Waals surface area contributed by atoms with Crippen molar-refractivity contribution >= 4 is 24.5 Å². The molecule has 212 valence electrons. The standard InChI is InChI=1S/C33H37BN2O5/c1-26-6-4-3-5-16-33(17-15-26)18-20-36(21-19-33)22-27-7-9-28(10-8-27)25-39-30-13-11-29(12-14-30)34-40-31(37)23-35(2)24-32(38)41-34/h3-15,17H,1,16,18-25H2,2H3/b5-3-,6-4-,17-15?. The van der Waals surface area contributed by atoms with Crippen LogP contribution in [-0.2, 0) is 32.0 Å². The Morgan fingerprint density at radius 1 is 0.902 bits per heavy atom. The molecule has 0 amide bonds. The molecule has 2 aliphatic heterocycles. The first kappa shape index (κ1) is 28.6. The molecule has 0 bridgehead atoms. The number of piperidine rings is 1. The maximum absolute atomic E-state index is 12.0. The second-order valence-electron chi connectivity index (χ2n) is 11.2. The number of likely N-dealkylation sites (tertiary alicyclic amines) is 1. The Balaban J connectivity index is 1.09. The van der Waals surface area contributed by atoms with E-state index in [1.807, 2.05) is 0 Å². The van der Waals surface area contributed by atoms with Crippen molar-refractivity contribution in [3.05, 3.63) is 108 Å². The lowest BCUT2D eigenvalue weighted by Crippen LogP contribution is -2.47. The zero-order chi connectivity index (χ0) is 28.7. The Labute approximate surface area is 242 Å². The van der Waals surface area contributed by atoms with E-state index < -0.39 is 19.1 Å². The fourth-order valence-electron chi connectivity index (χ4n) is 5.35. The normalized spacial score (nSPS) is 21.6. The van der Waals surface area contributed by atoms with E-state index in [-0.39, 0.29) is 18.5 Å². The molecule has 5 rings (SSSR count). The van der Waals surface area contributed by atoms with Gasteiger partial charge in [0.2, 0.25) is 0 Å². The average Bonchev–Trinajstić information content (AvgIpc) is 3.04. The van der Waals surface area contributed by atoms with E-state index in [2.05, 4.69) is 72.2 Å². The smallest absolute Gasteiger partial charge is 0.494 e. The van der Waals surface area contributed by atoms with Crippen molar-refractivity contribution < 1.29 is 23.6 Å². The maximum atomic E-state index is 12.0. The Morgan fingerprint density at radius 2 is 1.56 bits per heavy atom. The number of benzene rings is 2. The molecule has 0 unspecified atom stereocenters. The van der Waals surface area contributed by atoms with Gasteiger partial charge in [-0.05, 0) is 73.6 Å². The number of carbonyl (C=O) groups excluding carboxylic acids is 2. The van der Waals surface area contributed by atoms with Crippen LogP contribution in [0, 0.1) is 5.41 Å². The highest BCUT2D eigenvalue weighted by Gasteiger charge is 2.34. The quantitative estimate of drug-likeness (QED) is 0.498. The van der Waals surface area contributed by atoms with E-state index in [1.165, 1.54) is 5.56 Å². The third-order valence-electron chi connectivity index (χ3n) is 7.85. The van der Waals surface area contributed by atoms with Gasteiger partial charge in [0.1, 0.15) is 12.4 Å². The van der Waals surface area contributed by atoms with Crippen LogP contribution in [0.1, 0.15) is 30.4 Å². The van der Waals surface area contributed by atoms with Crippen molar-refractivity contribution in [3.8, 4) is 5.75 Å². The van der Waals surface area contributed by atoms with Crippen LogP contribution in [0.5, 0.6) is 5.75 Å². The average molecular weight is 552 g/mol. The molecular weight excluding hydrogens is 515 g/mol. The number of nitrogens with zero attached hydrogens (tertiary/aromatic N) is 2. The fraction of sp³-hybridized carbons (Fsp3) is 0.333. The van der Waals surface area contributed by atoms with Gasteiger partial charge in [0, 0.05) is 12.0 Å². The minimum atomic E-state index is -1.05. The van der Waals surface area contributed by atoms with Gasteiger partial charge >= 0.3 is 19.1 Å². The van der Waals surface area contributed by atoms with Crippen LogP contribution in [0.15, 0.2) is 97.1 Å². The summed E-state index contributed by atoms with van der Waals surface area (Å²) in [5.41, 5.74) is 4.24. The summed E-state index contributed by atoms with van der Waals surface area (Å²) in [6, 6.07) is 15.7. The van der Waals surface area contributed by atoms with Crippen molar-refractivity contribution in [3.63, 3.8) is 0 Å². The van der Waals surface area contributed by atoms with Gasteiger partial charge in [-0.2, -0.15) is 0 Å². The Bertz CT molecular complexity index is 1300. The monoisotopic (exact) mass is 552 g/mol. The SMILES string of the molecule is C=C1C=CC2(C/C=C\C=C/1)CCN(Cc1ccc(COc3ccc(B4OC(=O)CN(C)CC(=O)O4)cc3)cc1)CC2. The molecule has 0 atom stereocenters. The molecule has 7 nitrogen and oxygen atoms in total. The number of carbonyl (C=O) groups is 2. The highest BCUT2D eigenvalue weighted by molar-refractivity contribution is 6.64. The summed E-state index contributed by atoms with van der Waals surface area (Å²) in [4.78, 5) is 28.1. The van der Waals surface area contributed by atoms with Crippen molar-refractivity contribution in [2.75, 3.05) is 33.2 Å². The Morgan fingerprint density at radius 3 is 2.24 bits per heavy atom. The molecule has 2 aromatic carbocycles. The van der Waals surface area contributed by atoms with Gasteiger partial charge in [-0.3, -0.25) is 19.4 Å². The summed E-state index contributed by atoms with van der Waals surface area (Å²) in [7, 11) is 0.611. The molecule has 0 aromatic heterocycles. The predicted molar refractivity (Wildman–Crippen MR) is 160 cm³/mol. The lowest BCUT2D eigenvalue weighted by molar-refractivity contribution is -0.145. The number of ether oxygens (including phenoxy) is 1. The largest absolute Gasteiger partial charge is 0.636 e. The first-order valence-electron chi connectivity index (χ1n) is 14.2. The fourth-order valence-corrected chi connectivity index (χ4v) is 5.35. The topological polar surface area (TPSA) is 68.3 Å². The summed E-state index contributed by atoms with van der Waals surface area (Å²) in [6.45, 7) is 7.73. The lowest BCUT2D eigenvalue weighted by atomic mass is 9.75. The van der Waals surface area contributed by atoms with Crippen molar-refractivity contribution in [2.24, 2.45) is 5.41 Å². The summed E-state index contributed by atoms with van der Waals surface area (Å²) >= 11 is 0. The highest BCUT2D eigenvalue weighted by atomic mass is 16.6. The number of hydrogen-bond acceptors (Lipinski definition) is 7. The number of likely N-dealkylation sites (N-methyl/N-ethyl adjacent to an activating group) is 1. The van der Waals surface area contributed by atoms with Crippen LogP contribution < -0.4 is 10.2 Å². The van der Waals surface area contributed by atoms with E-state index in [1.54, 1.807) is 36.2 Å². The van der Waals surface area contributed by atoms with Gasteiger partial charge in [0.05, 0.1) is 13.1 Å². The molecule has 2 saturated heterocycles. The van der Waals surface area contributed by atoms with Crippen LogP contribution in [-0.4, -0.2) is 62.1 Å². The van der Waals surface area contributed by atoms with Crippen LogP contribution in [0.25, 0.3) is 0 Å². The Hall–Kier alpha value is -3.88. The molecule has 1 aliphatic carbocycles. The van der Waals surface area contributed by atoms with E-state index in [0.717, 1.165) is 50.0 Å². The molecular formula is C33H37BN2O5. The molecule has 1 spiro atoms. The van der Waals surface area contributed by atoms with Crippen molar-refractivity contribution in [1.82, 2.24) is 9.80 Å². The van der Waals surface area contributed by atoms with Gasteiger partial charge < -0.3 is 14.0 Å². The molecule has 2 heterocycles. The van der Waals surface area contributed by atoms with E-state index in [0.29, 0.717) is 17.8 Å². The van der Waals surface area contributed by atoms with Crippen LogP contribution in [0.2, 0.25) is 0 Å². The third kappa shape index (κ3) is 8.09. The molecule has 0 N–H and O–H groups in total. The van der Waals surface area contributed by atoms with Crippen LogP contribution >= 0.6 is 0 Å². The zero-order valence-electron chi connectivity index (χ0n) is 23.7. The second-order valence-corrected chi connectivity index (χ2v) is 11.2. The maximum Gasteiger partial charge on any atom is 0.636 e. The van der Waals surface area contributed by atoms with E-state index in [4.69, 9.17) is 14.0 Å². The third-order valence-corrected chi connectivity index (χ3v) is 7.85. The molecule has 2 aromatic rings. The molecule has 2 fully saturated rings. The first-order valence-corrected chi connectivity index (χ1v) is 14.2. The van der Waals surface area contributed by atoms with Crippen molar-refractivity contribution in [1.29, 1.82) is 0 Å². The summed E-state index contributed by atoms with van der Waals surface area (Å²) in [5, 5.41) is 0. The zero-order valence-corrected chi connectivity index (χ0v) is 23.7. The number of hydrogen-bond donors (Lipinski definition) is 0. The summed E-state index contributed by atoms with van der Waals surface area (Å²) in [5.74, 6) is -0.207. The van der Waals surface area contributed by atoms with Crippen LogP contribution in [0.3, 0.4) is 0 Å². The molecule has 0 radical (unpaired) electrons. The molecule has 41 heavy (non-hydrogen) atoms. The summed E-state index contributed by atoms with van der Waals surface area (Å²) in [6.07, 6.45) is 16.5. The minimum absolute atomic E-state index is 0.0363. The molecule has 8 heteroatoms. The minimum Gasteiger partial charge on any atom is -0.494 e. The number of allylic oxidation sites excluding steroid dienone is 7. The van der Waals surface area contributed by atoms with Gasteiger partial charge in [0.15, 0.2) is 0 Å². The number of rotatable bonds is 6. The predicted octanol–water partition coefficient (Wildman–Crippen LogP) is 4.20. The van der Waals surface area contributed by atoms with E-state index >= 15 is 0 Å². The van der Waals surface area contributed by atoms with Gasteiger partial charge in [-0.1, -0.05) is 79.4 Å².